The number of hydrogen-bond donors (Lipinski definition) is 1. The van der Waals surface area contributed by atoms with Crippen LogP contribution in [0.1, 0.15) is 31.0 Å². The molecular weight excluding hydrogens is 214 g/mol. The normalized spacial score (nSPS) is 10.7. The third-order valence-corrected chi connectivity index (χ3v) is 2.85. The maximum atomic E-state index is 12.2. The second kappa shape index (κ2) is 4.99. The van der Waals surface area contributed by atoms with Crippen LogP contribution in [0.4, 0.5) is 0 Å². The number of hydrogen-bond acceptors (Lipinski definition) is 2. The lowest BCUT2D eigenvalue weighted by atomic mass is 10.1. The van der Waals surface area contributed by atoms with Crippen molar-refractivity contribution in [3.8, 4) is 5.82 Å². The summed E-state index contributed by atoms with van der Waals surface area (Å²) in [6.45, 7) is 4.06. The predicted molar refractivity (Wildman–Crippen MR) is 67.5 cm³/mol. The number of aromatic nitrogens is 3. The minimum absolute atomic E-state index is 0.0228. The Morgan fingerprint density at radius 1 is 1.41 bits per heavy atom. The topological polar surface area (TPSA) is 50.7 Å². The molecule has 0 radical (unpaired) electrons. The Hall–Kier alpha value is -1.84. The Bertz CT molecular complexity index is 540. The molecule has 0 fully saturated rings. The second-order valence-corrected chi connectivity index (χ2v) is 4.15. The average molecular weight is 231 g/mol. The van der Waals surface area contributed by atoms with E-state index in [0.29, 0.717) is 5.82 Å². The number of unbranched alkanes of at least 4 members (excludes halogenated alkanes) is 1. The van der Waals surface area contributed by atoms with E-state index in [1.54, 1.807) is 6.20 Å². The summed E-state index contributed by atoms with van der Waals surface area (Å²) in [6.07, 6.45) is 4.64. The van der Waals surface area contributed by atoms with Crippen LogP contribution < -0.4 is 5.56 Å². The van der Waals surface area contributed by atoms with Gasteiger partial charge in [0.1, 0.15) is 0 Å². The number of pyridine rings is 1. The van der Waals surface area contributed by atoms with Crippen LogP contribution in [-0.4, -0.2) is 14.8 Å². The zero-order valence-electron chi connectivity index (χ0n) is 10.2. The molecule has 0 aliphatic heterocycles. The van der Waals surface area contributed by atoms with E-state index in [4.69, 9.17) is 0 Å². The van der Waals surface area contributed by atoms with E-state index in [9.17, 15) is 4.79 Å². The second-order valence-electron chi connectivity index (χ2n) is 4.15. The SMILES string of the molecule is CCCCc1c(C)[nH]n(-c2ccccn2)c1=O. The number of H-pyrrole nitrogens is 1. The van der Waals surface area contributed by atoms with Crippen molar-refractivity contribution < 1.29 is 0 Å². The Labute approximate surface area is 100 Å². The lowest BCUT2D eigenvalue weighted by Crippen LogP contribution is -2.18. The molecule has 1 N–H and O–H groups in total. The van der Waals surface area contributed by atoms with Crippen LogP contribution in [0.3, 0.4) is 0 Å². The van der Waals surface area contributed by atoms with Crippen molar-refractivity contribution in [1.82, 2.24) is 14.8 Å². The number of aromatic amines is 1. The third-order valence-electron chi connectivity index (χ3n) is 2.85. The van der Waals surface area contributed by atoms with Crippen LogP contribution in [0.2, 0.25) is 0 Å². The summed E-state index contributed by atoms with van der Waals surface area (Å²) in [5.74, 6) is 0.642. The molecule has 90 valence electrons. The van der Waals surface area contributed by atoms with Crippen molar-refractivity contribution in [3.05, 3.63) is 46.0 Å². The van der Waals surface area contributed by atoms with Crippen LogP contribution in [0.15, 0.2) is 29.2 Å². The van der Waals surface area contributed by atoms with Gasteiger partial charge < -0.3 is 0 Å². The zero-order chi connectivity index (χ0) is 12.3. The van der Waals surface area contributed by atoms with Crippen LogP contribution >= 0.6 is 0 Å². The average Bonchev–Trinajstić information content (AvgIpc) is 2.64. The first-order valence-corrected chi connectivity index (χ1v) is 5.96. The molecule has 0 atom stereocenters. The van der Waals surface area contributed by atoms with Crippen LogP contribution in [0.5, 0.6) is 0 Å². The molecule has 0 unspecified atom stereocenters. The molecule has 0 aliphatic rings. The summed E-state index contributed by atoms with van der Waals surface area (Å²) in [7, 11) is 0. The monoisotopic (exact) mass is 231 g/mol. The fraction of sp³-hybridized carbons (Fsp3) is 0.385. The summed E-state index contributed by atoms with van der Waals surface area (Å²) in [5, 5.41) is 3.08. The van der Waals surface area contributed by atoms with Gasteiger partial charge in [0.25, 0.3) is 5.56 Å². The first kappa shape index (κ1) is 11.6. The van der Waals surface area contributed by atoms with Gasteiger partial charge in [-0.15, -0.1) is 0 Å². The molecule has 4 nitrogen and oxygen atoms in total. The molecule has 2 heterocycles. The van der Waals surface area contributed by atoms with Crippen LogP contribution in [0.25, 0.3) is 5.82 Å². The fourth-order valence-corrected chi connectivity index (χ4v) is 1.88. The summed E-state index contributed by atoms with van der Waals surface area (Å²) < 4.78 is 1.51. The molecule has 4 heteroatoms. The van der Waals surface area contributed by atoms with Crippen molar-refractivity contribution >= 4 is 0 Å². The highest BCUT2D eigenvalue weighted by molar-refractivity contribution is 5.25. The zero-order valence-corrected chi connectivity index (χ0v) is 10.2. The first-order valence-electron chi connectivity index (χ1n) is 5.96. The molecule has 2 rings (SSSR count). The van der Waals surface area contributed by atoms with E-state index in [0.717, 1.165) is 30.5 Å². The van der Waals surface area contributed by atoms with Crippen molar-refractivity contribution in [3.63, 3.8) is 0 Å². The highest BCUT2D eigenvalue weighted by Gasteiger charge is 2.11. The third kappa shape index (κ3) is 2.30. The number of aryl methyl sites for hydroxylation is 1. The Morgan fingerprint density at radius 3 is 2.88 bits per heavy atom. The molecule has 0 spiro atoms. The highest BCUT2D eigenvalue weighted by Crippen LogP contribution is 2.07. The summed E-state index contributed by atoms with van der Waals surface area (Å²) in [4.78, 5) is 16.4. The lowest BCUT2D eigenvalue weighted by Gasteiger charge is -1.98. The van der Waals surface area contributed by atoms with Crippen LogP contribution in [0, 0.1) is 6.92 Å². The number of nitrogens with one attached hydrogen (secondary N) is 1. The van der Waals surface area contributed by atoms with Crippen molar-refractivity contribution in [2.24, 2.45) is 0 Å². The van der Waals surface area contributed by atoms with Gasteiger partial charge in [0.05, 0.1) is 0 Å². The van der Waals surface area contributed by atoms with Crippen LogP contribution in [-0.2, 0) is 6.42 Å². The molecule has 0 saturated carbocycles. The molecular formula is C13H17N3O. The molecule has 17 heavy (non-hydrogen) atoms. The summed E-state index contributed by atoms with van der Waals surface area (Å²) >= 11 is 0. The standard InChI is InChI=1S/C13H17N3O/c1-3-4-7-11-10(2)15-16(13(11)17)12-8-5-6-9-14-12/h5-6,8-9,15H,3-4,7H2,1-2H3. The number of nitrogens with zero attached hydrogens (tertiary/aromatic N) is 2. The fourth-order valence-electron chi connectivity index (χ4n) is 1.88. The predicted octanol–water partition coefficient (Wildman–Crippen LogP) is 2.21. The van der Waals surface area contributed by atoms with E-state index in [-0.39, 0.29) is 5.56 Å². The Balaban J connectivity index is 2.41. The molecule has 2 aromatic rings. The van der Waals surface area contributed by atoms with Gasteiger partial charge >= 0.3 is 0 Å². The van der Waals surface area contributed by atoms with Gasteiger partial charge in [-0.05, 0) is 31.9 Å². The highest BCUT2D eigenvalue weighted by atomic mass is 16.1. The Morgan fingerprint density at radius 2 is 2.24 bits per heavy atom. The summed E-state index contributed by atoms with van der Waals surface area (Å²) in [6, 6.07) is 5.53. The number of rotatable bonds is 4. The van der Waals surface area contributed by atoms with Crippen molar-refractivity contribution in [2.45, 2.75) is 33.1 Å². The van der Waals surface area contributed by atoms with Gasteiger partial charge in [-0.1, -0.05) is 19.4 Å². The van der Waals surface area contributed by atoms with E-state index >= 15 is 0 Å². The van der Waals surface area contributed by atoms with E-state index in [2.05, 4.69) is 17.0 Å². The molecule has 0 amide bonds. The summed E-state index contributed by atoms with van der Waals surface area (Å²) in [5.41, 5.74) is 1.83. The smallest absolute Gasteiger partial charge is 0.276 e. The molecule has 0 aromatic carbocycles. The molecule has 0 saturated heterocycles. The quantitative estimate of drug-likeness (QED) is 0.877. The maximum absolute atomic E-state index is 12.2. The largest absolute Gasteiger partial charge is 0.294 e. The maximum Gasteiger partial charge on any atom is 0.276 e. The van der Waals surface area contributed by atoms with E-state index in [1.165, 1.54) is 4.68 Å². The minimum atomic E-state index is 0.0228. The van der Waals surface area contributed by atoms with Crippen molar-refractivity contribution in [2.75, 3.05) is 0 Å². The van der Waals surface area contributed by atoms with Gasteiger partial charge in [0.15, 0.2) is 5.82 Å². The van der Waals surface area contributed by atoms with Crippen molar-refractivity contribution in [1.29, 1.82) is 0 Å². The van der Waals surface area contributed by atoms with Gasteiger partial charge in [0.2, 0.25) is 0 Å². The Kier molecular flexibility index (Phi) is 3.42. The molecule has 0 aliphatic carbocycles. The lowest BCUT2D eigenvalue weighted by molar-refractivity contribution is 0.782. The minimum Gasteiger partial charge on any atom is -0.294 e. The van der Waals surface area contributed by atoms with Gasteiger partial charge in [-0.2, -0.15) is 0 Å². The van der Waals surface area contributed by atoms with E-state index < -0.39 is 0 Å². The van der Waals surface area contributed by atoms with E-state index in [1.807, 2.05) is 25.1 Å². The molecule has 0 bridgehead atoms. The first-order chi connectivity index (χ1) is 8.24. The van der Waals surface area contributed by atoms with Gasteiger partial charge in [0, 0.05) is 17.5 Å². The van der Waals surface area contributed by atoms with Gasteiger partial charge in [-0.3, -0.25) is 9.89 Å². The molecule has 2 aromatic heterocycles. The van der Waals surface area contributed by atoms with Gasteiger partial charge in [-0.25, -0.2) is 9.67 Å².